The molecule has 1 N–H and O–H groups in total. The van der Waals surface area contributed by atoms with E-state index in [1.807, 2.05) is 0 Å². The van der Waals surface area contributed by atoms with E-state index in [2.05, 4.69) is 5.32 Å². The zero-order valence-electron chi connectivity index (χ0n) is 15.2. The summed E-state index contributed by atoms with van der Waals surface area (Å²) in [6.07, 6.45) is 0. The second kappa shape index (κ2) is 9.73. The van der Waals surface area contributed by atoms with Crippen LogP contribution in [-0.2, 0) is 9.53 Å². The molecule has 0 heterocycles. The molecule has 27 heavy (non-hydrogen) atoms. The first kappa shape index (κ1) is 20.5. The van der Waals surface area contributed by atoms with Gasteiger partial charge >= 0.3 is 5.97 Å². The number of nitrogens with one attached hydrogen (secondary N) is 1. The third kappa shape index (κ3) is 5.56. The zero-order chi connectivity index (χ0) is 19.8. The number of rotatable bonds is 7. The van der Waals surface area contributed by atoms with Crippen LogP contribution in [-0.4, -0.2) is 37.5 Å². The van der Waals surface area contributed by atoms with Gasteiger partial charge in [0.2, 0.25) is 5.91 Å². The molecular formula is C20H21ClN2O4. The van der Waals surface area contributed by atoms with Crippen molar-refractivity contribution in [3.63, 3.8) is 0 Å². The molecule has 2 amide bonds. The van der Waals surface area contributed by atoms with Crippen LogP contribution >= 0.6 is 11.6 Å². The summed E-state index contributed by atoms with van der Waals surface area (Å²) in [6.45, 7) is 4.01. The number of esters is 1. The van der Waals surface area contributed by atoms with E-state index in [0.29, 0.717) is 28.4 Å². The Bertz CT molecular complexity index is 821. The van der Waals surface area contributed by atoms with Crippen LogP contribution in [0, 0.1) is 0 Å². The van der Waals surface area contributed by atoms with Crippen LogP contribution < -0.4 is 10.2 Å². The minimum Gasteiger partial charge on any atom is -0.462 e. The maximum atomic E-state index is 12.2. The summed E-state index contributed by atoms with van der Waals surface area (Å²) in [5.74, 6) is -0.891. The molecule has 2 aromatic carbocycles. The fourth-order valence-electron chi connectivity index (χ4n) is 2.48. The van der Waals surface area contributed by atoms with Crippen LogP contribution in [0.5, 0.6) is 0 Å². The maximum absolute atomic E-state index is 12.2. The minimum absolute atomic E-state index is 0.175. The third-order valence-corrected chi connectivity index (χ3v) is 4.14. The molecule has 0 aliphatic rings. The highest BCUT2D eigenvalue weighted by Crippen LogP contribution is 2.17. The first-order valence-electron chi connectivity index (χ1n) is 8.52. The predicted octanol–water partition coefficient (Wildman–Crippen LogP) is 3.30. The van der Waals surface area contributed by atoms with Gasteiger partial charge < -0.3 is 15.0 Å². The lowest BCUT2D eigenvalue weighted by atomic mass is 10.2. The Morgan fingerprint density at radius 2 is 1.74 bits per heavy atom. The molecule has 2 rings (SSSR count). The Morgan fingerprint density at radius 1 is 1.07 bits per heavy atom. The summed E-state index contributed by atoms with van der Waals surface area (Å²) in [6, 6.07) is 13.3. The van der Waals surface area contributed by atoms with Gasteiger partial charge in [0, 0.05) is 25.7 Å². The number of nitrogens with zero attached hydrogens (tertiary/aromatic N) is 1. The minimum atomic E-state index is -0.412. The number of ether oxygens (including phenoxy) is 1. The van der Waals surface area contributed by atoms with Crippen molar-refractivity contribution < 1.29 is 19.1 Å². The smallest absolute Gasteiger partial charge is 0.338 e. The van der Waals surface area contributed by atoms with Crippen molar-refractivity contribution in [2.75, 3.05) is 24.6 Å². The molecule has 0 radical (unpaired) electrons. The van der Waals surface area contributed by atoms with E-state index in [1.54, 1.807) is 55.5 Å². The van der Waals surface area contributed by atoms with Crippen LogP contribution in [0.3, 0.4) is 0 Å². The number of amides is 2. The van der Waals surface area contributed by atoms with Crippen LogP contribution in [0.2, 0.25) is 5.02 Å². The van der Waals surface area contributed by atoms with E-state index in [4.69, 9.17) is 16.3 Å². The Morgan fingerprint density at radius 3 is 2.33 bits per heavy atom. The highest BCUT2D eigenvalue weighted by molar-refractivity contribution is 6.33. The Hall–Kier alpha value is -2.86. The topological polar surface area (TPSA) is 75.7 Å². The number of anilines is 1. The summed E-state index contributed by atoms with van der Waals surface area (Å²) in [5, 5.41) is 3.12. The summed E-state index contributed by atoms with van der Waals surface area (Å²) >= 11 is 6.01. The van der Waals surface area contributed by atoms with Gasteiger partial charge in [0.1, 0.15) is 0 Å². The maximum Gasteiger partial charge on any atom is 0.338 e. The van der Waals surface area contributed by atoms with Crippen LogP contribution in [0.25, 0.3) is 0 Å². The van der Waals surface area contributed by atoms with Crippen LogP contribution in [0.1, 0.15) is 34.6 Å². The number of carbonyl (C=O) groups is 3. The largest absolute Gasteiger partial charge is 0.462 e. The normalized spacial score (nSPS) is 10.2. The molecule has 0 aliphatic heterocycles. The molecule has 0 spiro atoms. The summed E-state index contributed by atoms with van der Waals surface area (Å²) < 4.78 is 4.94. The van der Waals surface area contributed by atoms with Crippen molar-refractivity contribution in [2.45, 2.75) is 13.8 Å². The molecule has 6 nitrogen and oxygen atoms in total. The summed E-state index contributed by atoms with van der Waals surface area (Å²) in [5.41, 5.74) is 1.42. The van der Waals surface area contributed by atoms with Gasteiger partial charge in [-0.3, -0.25) is 9.59 Å². The monoisotopic (exact) mass is 388 g/mol. The molecule has 0 saturated carbocycles. The molecule has 0 aromatic heterocycles. The quantitative estimate of drug-likeness (QED) is 0.738. The van der Waals surface area contributed by atoms with E-state index in [1.165, 1.54) is 11.8 Å². The molecule has 0 aliphatic carbocycles. The molecular weight excluding hydrogens is 368 g/mol. The Labute approximate surface area is 163 Å². The van der Waals surface area contributed by atoms with Gasteiger partial charge in [0.05, 0.1) is 22.8 Å². The second-order valence-corrected chi connectivity index (χ2v) is 6.08. The lowest BCUT2D eigenvalue weighted by Crippen LogP contribution is -2.37. The van der Waals surface area contributed by atoms with E-state index in [0.717, 1.165) is 0 Å². The highest BCUT2D eigenvalue weighted by Gasteiger charge is 2.14. The molecule has 0 fully saturated rings. The summed E-state index contributed by atoms with van der Waals surface area (Å²) in [7, 11) is 0. The van der Waals surface area contributed by atoms with Gasteiger partial charge in [0.15, 0.2) is 0 Å². The van der Waals surface area contributed by atoms with Gasteiger partial charge in [-0.2, -0.15) is 0 Å². The first-order valence-corrected chi connectivity index (χ1v) is 8.89. The molecule has 0 unspecified atom stereocenters. The van der Waals surface area contributed by atoms with Crippen LogP contribution in [0.4, 0.5) is 5.69 Å². The van der Waals surface area contributed by atoms with Crippen molar-refractivity contribution >= 4 is 35.1 Å². The van der Waals surface area contributed by atoms with Crippen molar-refractivity contribution in [1.82, 2.24) is 5.32 Å². The molecule has 7 heteroatoms. The SMILES string of the molecule is CCOC(=O)c1ccc(N(CCNC(=O)c2ccccc2Cl)C(C)=O)cc1. The fourth-order valence-corrected chi connectivity index (χ4v) is 2.70. The number of hydrogen-bond acceptors (Lipinski definition) is 4. The number of benzene rings is 2. The predicted molar refractivity (Wildman–Crippen MR) is 104 cm³/mol. The van der Waals surface area contributed by atoms with Gasteiger partial charge in [-0.25, -0.2) is 4.79 Å². The van der Waals surface area contributed by atoms with Crippen molar-refractivity contribution in [3.8, 4) is 0 Å². The van der Waals surface area contributed by atoms with Crippen molar-refractivity contribution in [2.24, 2.45) is 0 Å². The van der Waals surface area contributed by atoms with Gasteiger partial charge in [-0.1, -0.05) is 23.7 Å². The van der Waals surface area contributed by atoms with E-state index in [9.17, 15) is 14.4 Å². The highest BCUT2D eigenvalue weighted by atomic mass is 35.5. The number of hydrogen-bond donors (Lipinski definition) is 1. The number of carbonyl (C=O) groups excluding carboxylic acids is 3. The van der Waals surface area contributed by atoms with Crippen molar-refractivity contribution in [1.29, 1.82) is 0 Å². The zero-order valence-corrected chi connectivity index (χ0v) is 16.0. The first-order chi connectivity index (χ1) is 12.9. The Kier molecular flexibility index (Phi) is 7.37. The molecule has 0 saturated heterocycles. The van der Waals surface area contributed by atoms with Crippen molar-refractivity contribution in [3.05, 3.63) is 64.7 Å². The molecule has 0 atom stereocenters. The van der Waals surface area contributed by atoms with Crippen LogP contribution in [0.15, 0.2) is 48.5 Å². The molecule has 2 aromatic rings. The Balaban J connectivity index is 1.99. The summed E-state index contributed by atoms with van der Waals surface area (Å²) in [4.78, 5) is 37.4. The fraction of sp³-hybridized carbons (Fsp3) is 0.250. The van der Waals surface area contributed by atoms with E-state index >= 15 is 0 Å². The third-order valence-electron chi connectivity index (χ3n) is 3.81. The lowest BCUT2D eigenvalue weighted by molar-refractivity contribution is -0.116. The average Bonchev–Trinajstić information content (AvgIpc) is 2.65. The average molecular weight is 389 g/mol. The van der Waals surface area contributed by atoms with E-state index < -0.39 is 5.97 Å². The van der Waals surface area contributed by atoms with Gasteiger partial charge in [-0.05, 0) is 43.3 Å². The van der Waals surface area contributed by atoms with E-state index in [-0.39, 0.29) is 24.9 Å². The number of halogens is 1. The second-order valence-electron chi connectivity index (χ2n) is 5.67. The lowest BCUT2D eigenvalue weighted by Gasteiger charge is -2.21. The van der Waals surface area contributed by atoms with Gasteiger partial charge in [-0.15, -0.1) is 0 Å². The standard InChI is InChI=1S/C20H21ClN2O4/c1-3-27-20(26)15-8-10-16(11-9-15)23(14(2)24)13-12-22-19(25)17-6-4-5-7-18(17)21/h4-11H,3,12-13H2,1-2H3,(H,22,25). The molecule has 0 bridgehead atoms. The van der Waals surface area contributed by atoms with Gasteiger partial charge in [0.25, 0.3) is 5.91 Å². The molecule has 142 valence electrons.